The number of hydrogen-bond acceptors (Lipinski definition) is 3. The minimum Gasteiger partial charge on any atom is -0.380 e. The van der Waals surface area contributed by atoms with Gasteiger partial charge in [0, 0.05) is 17.5 Å². The van der Waals surface area contributed by atoms with Crippen LogP contribution in [0.4, 0.5) is 5.69 Å². The second-order valence-corrected chi connectivity index (χ2v) is 8.27. The van der Waals surface area contributed by atoms with Crippen LogP contribution < -0.4 is 5.32 Å². The van der Waals surface area contributed by atoms with Crippen LogP contribution in [-0.2, 0) is 6.54 Å². The molecular formula is C22H21ClN2S. The summed E-state index contributed by atoms with van der Waals surface area (Å²) in [4.78, 5) is 5.89. The number of halogens is 1. The van der Waals surface area contributed by atoms with Gasteiger partial charge < -0.3 is 5.32 Å². The summed E-state index contributed by atoms with van der Waals surface area (Å²) in [6, 6.07) is 12.3. The molecule has 0 radical (unpaired) electrons. The number of thiophene rings is 1. The first-order chi connectivity index (χ1) is 12.8. The molecule has 0 bridgehead atoms. The van der Waals surface area contributed by atoms with Gasteiger partial charge in [-0.3, -0.25) is 0 Å². The molecule has 132 valence electrons. The van der Waals surface area contributed by atoms with Crippen LogP contribution in [0.3, 0.4) is 0 Å². The van der Waals surface area contributed by atoms with Gasteiger partial charge in [-0.25, -0.2) is 4.98 Å². The maximum atomic E-state index is 6.31. The monoisotopic (exact) mass is 380 g/mol. The average Bonchev–Trinajstić information content (AvgIpc) is 3.06. The zero-order chi connectivity index (χ0) is 17.9. The van der Waals surface area contributed by atoms with E-state index in [0.717, 1.165) is 28.0 Å². The number of nitrogens with one attached hydrogen (secondary N) is 1. The van der Waals surface area contributed by atoms with E-state index in [9.17, 15) is 0 Å². The Hall–Kier alpha value is -2.02. The second kappa shape index (κ2) is 7.70. The first kappa shape index (κ1) is 17.4. The van der Waals surface area contributed by atoms with Crippen LogP contribution in [0.1, 0.15) is 54.0 Å². The van der Waals surface area contributed by atoms with E-state index in [1.807, 2.05) is 12.1 Å². The van der Waals surface area contributed by atoms with Crippen LogP contribution in [0.5, 0.6) is 0 Å². The molecule has 1 aromatic carbocycles. The molecule has 0 unspecified atom stereocenters. The molecule has 2 aromatic heterocycles. The standard InChI is InChI=1S/C22H21ClN2S/c1-2-17-20-22(26-21(17)16-11-7-4-8-12-16)18(13-19(23)25-20)24-14-15-9-5-3-6-10-15/h1,3,5-6,9-10,13,16H,4,7-8,11-12,14H2,(H,24,25). The van der Waals surface area contributed by atoms with Crippen molar-refractivity contribution in [1.29, 1.82) is 0 Å². The van der Waals surface area contributed by atoms with Crippen molar-refractivity contribution < 1.29 is 0 Å². The Morgan fingerprint density at radius 1 is 1.19 bits per heavy atom. The summed E-state index contributed by atoms with van der Waals surface area (Å²) in [5, 5.41) is 4.01. The van der Waals surface area contributed by atoms with Gasteiger partial charge in [-0.2, -0.15) is 0 Å². The molecule has 3 aromatic rings. The van der Waals surface area contributed by atoms with Gasteiger partial charge in [-0.05, 0) is 24.3 Å². The van der Waals surface area contributed by atoms with Crippen molar-refractivity contribution in [1.82, 2.24) is 4.98 Å². The fraction of sp³-hybridized carbons (Fsp3) is 0.318. The topological polar surface area (TPSA) is 24.9 Å². The highest BCUT2D eigenvalue weighted by Crippen LogP contribution is 2.44. The fourth-order valence-electron chi connectivity index (χ4n) is 3.77. The van der Waals surface area contributed by atoms with Crippen LogP contribution >= 0.6 is 22.9 Å². The lowest BCUT2D eigenvalue weighted by molar-refractivity contribution is 0.448. The van der Waals surface area contributed by atoms with Crippen LogP contribution in [0.15, 0.2) is 36.4 Å². The molecule has 1 aliphatic carbocycles. The van der Waals surface area contributed by atoms with Crippen molar-refractivity contribution in [3.05, 3.63) is 57.6 Å². The molecule has 2 nitrogen and oxygen atoms in total. The maximum absolute atomic E-state index is 6.31. The second-order valence-electron chi connectivity index (χ2n) is 6.83. The molecular weight excluding hydrogens is 360 g/mol. The van der Waals surface area contributed by atoms with Gasteiger partial charge in [0.2, 0.25) is 0 Å². The largest absolute Gasteiger partial charge is 0.380 e. The summed E-state index contributed by atoms with van der Waals surface area (Å²) < 4.78 is 1.12. The number of benzene rings is 1. The molecule has 4 heteroatoms. The zero-order valence-electron chi connectivity index (χ0n) is 14.6. The molecule has 1 N–H and O–H groups in total. The smallest absolute Gasteiger partial charge is 0.131 e. The highest BCUT2D eigenvalue weighted by molar-refractivity contribution is 7.20. The van der Waals surface area contributed by atoms with Crippen LogP contribution in [0.25, 0.3) is 10.2 Å². The van der Waals surface area contributed by atoms with Crippen molar-refractivity contribution in [2.75, 3.05) is 5.32 Å². The maximum Gasteiger partial charge on any atom is 0.131 e. The lowest BCUT2D eigenvalue weighted by Gasteiger charge is -2.20. The van der Waals surface area contributed by atoms with E-state index in [2.05, 4.69) is 40.5 Å². The molecule has 0 aliphatic heterocycles. The first-order valence-electron chi connectivity index (χ1n) is 9.13. The van der Waals surface area contributed by atoms with E-state index in [4.69, 9.17) is 18.0 Å². The molecule has 2 heterocycles. The number of hydrogen-bond donors (Lipinski definition) is 1. The normalized spacial score (nSPS) is 15.1. The minimum absolute atomic E-state index is 0.484. The number of pyridine rings is 1. The summed E-state index contributed by atoms with van der Waals surface area (Å²) in [7, 11) is 0. The number of rotatable bonds is 4. The van der Waals surface area contributed by atoms with Crippen molar-refractivity contribution >= 4 is 38.8 Å². The van der Waals surface area contributed by atoms with Gasteiger partial charge >= 0.3 is 0 Å². The molecule has 26 heavy (non-hydrogen) atoms. The number of fused-ring (bicyclic) bond motifs is 1. The molecule has 4 rings (SSSR count). The van der Waals surface area contributed by atoms with Gasteiger partial charge in [0.25, 0.3) is 0 Å². The SMILES string of the molecule is C#Cc1c(C2CCCCC2)sc2c(NCc3ccccc3)cc(Cl)nc12. The van der Waals surface area contributed by atoms with E-state index >= 15 is 0 Å². The first-order valence-corrected chi connectivity index (χ1v) is 10.3. The third kappa shape index (κ3) is 3.45. The fourth-order valence-corrected chi connectivity index (χ4v) is 5.33. The quantitative estimate of drug-likeness (QED) is 0.408. The minimum atomic E-state index is 0.484. The van der Waals surface area contributed by atoms with E-state index in [1.165, 1.54) is 42.5 Å². The Balaban J connectivity index is 1.73. The lowest BCUT2D eigenvalue weighted by Crippen LogP contribution is -2.04. The van der Waals surface area contributed by atoms with Gasteiger partial charge in [-0.1, -0.05) is 67.1 Å². The highest BCUT2D eigenvalue weighted by atomic mass is 35.5. The third-order valence-corrected chi connectivity index (χ3v) is 6.65. The molecule has 0 saturated heterocycles. The number of aromatic nitrogens is 1. The predicted molar refractivity (Wildman–Crippen MR) is 112 cm³/mol. The summed E-state index contributed by atoms with van der Waals surface area (Å²) in [5.41, 5.74) is 4.07. The van der Waals surface area contributed by atoms with E-state index in [1.54, 1.807) is 11.3 Å². The Bertz CT molecular complexity index is 950. The number of nitrogens with zero attached hydrogens (tertiary/aromatic N) is 1. The van der Waals surface area contributed by atoms with Crippen LogP contribution in [0, 0.1) is 12.3 Å². The summed E-state index contributed by atoms with van der Waals surface area (Å²) in [6.45, 7) is 0.748. The van der Waals surface area contributed by atoms with Crippen LogP contribution in [0.2, 0.25) is 5.15 Å². The molecule has 0 atom stereocenters. The van der Waals surface area contributed by atoms with Crippen molar-refractivity contribution in [3.8, 4) is 12.3 Å². The van der Waals surface area contributed by atoms with E-state index in [0.29, 0.717) is 11.1 Å². The van der Waals surface area contributed by atoms with Crippen LogP contribution in [-0.4, -0.2) is 4.98 Å². The number of anilines is 1. The molecule has 1 saturated carbocycles. The van der Waals surface area contributed by atoms with Crippen molar-refractivity contribution in [2.45, 2.75) is 44.6 Å². The van der Waals surface area contributed by atoms with Crippen molar-refractivity contribution in [2.24, 2.45) is 0 Å². The van der Waals surface area contributed by atoms with Crippen molar-refractivity contribution in [3.63, 3.8) is 0 Å². The summed E-state index contributed by atoms with van der Waals surface area (Å²) >= 11 is 8.11. The Kier molecular flexibility index (Phi) is 5.15. The Morgan fingerprint density at radius 3 is 2.69 bits per heavy atom. The number of terminal acetylenes is 1. The summed E-state index contributed by atoms with van der Waals surface area (Å²) in [5.74, 6) is 3.47. The highest BCUT2D eigenvalue weighted by Gasteiger charge is 2.24. The average molecular weight is 381 g/mol. The molecule has 0 amide bonds. The Morgan fingerprint density at radius 2 is 1.96 bits per heavy atom. The summed E-state index contributed by atoms with van der Waals surface area (Å²) in [6.07, 6.45) is 12.2. The molecule has 0 spiro atoms. The molecule has 1 aliphatic rings. The zero-order valence-corrected chi connectivity index (χ0v) is 16.2. The lowest BCUT2D eigenvalue weighted by atomic mass is 9.87. The van der Waals surface area contributed by atoms with Gasteiger partial charge in [0.05, 0.1) is 16.0 Å². The third-order valence-electron chi connectivity index (χ3n) is 5.08. The van der Waals surface area contributed by atoms with E-state index in [-0.39, 0.29) is 0 Å². The Labute approximate surface area is 163 Å². The van der Waals surface area contributed by atoms with Gasteiger partial charge in [0.15, 0.2) is 0 Å². The molecule has 1 fully saturated rings. The van der Waals surface area contributed by atoms with E-state index < -0.39 is 0 Å². The van der Waals surface area contributed by atoms with Gasteiger partial charge in [-0.15, -0.1) is 17.8 Å². The van der Waals surface area contributed by atoms with Gasteiger partial charge in [0.1, 0.15) is 10.7 Å². The predicted octanol–water partition coefficient (Wildman–Crippen LogP) is 6.59.